The minimum Gasteiger partial charge on any atom is -0.356 e. The Balaban J connectivity index is 2.26. The maximum Gasteiger partial charge on any atom is 0.224 e. The molecule has 1 aromatic carbocycles. The third kappa shape index (κ3) is 5.37. The van der Waals surface area contributed by atoms with E-state index in [1.54, 1.807) is 6.07 Å². The summed E-state index contributed by atoms with van der Waals surface area (Å²) < 4.78 is 0. The van der Waals surface area contributed by atoms with Crippen LogP contribution in [0.25, 0.3) is 0 Å². The summed E-state index contributed by atoms with van der Waals surface area (Å²) in [6.07, 6.45) is 2.50. The lowest BCUT2D eigenvalue weighted by molar-refractivity contribution is -0.120. The number of benzene rings is 1. The molecular weight excluding hydrogens is 236 g/mol. The van der Waals surface area contributed by atoms with Crippen molar-refractivity contribution < 1.29 is 4.79 Å². The normalized spacial score (nSPS) is 9.65. The zero-order chi connectivity index (χ0) is 12.5. The van der Waals surface area contributed by atoms with Crippen molar-refractivity contribution in [3.8, 4) is 6.07 Å². The van der Waals surface area contributed by atoms with Crippen LogP contribution < -0.4 is 5.32 Å². The summed E-state index contributed by atoms with van der Waals surface area (Å²) in [6.45, 7) is 0.616. The topological polar surface area (TPSA) is 52.9 Å². The Morgan fingerprint density at radius 3 is 2.82 bits per heavy atom. The monoisotopic (exact) mass is 250 g/mol. The van der Waals surface area contributed by atoms with Crippen LogP contribution in [0.2, 0.25) is 5.02 Å². The van der Waals surface area contributed by atoms with Crippen molar-refractivity contribution in [3.05, 3.63) is 34.9 Å². The molecule has 0 radical (unpaired) electrons. The summed E-state index contributed by atoms with van der Waals surface area (Å²) in [6, 6.07) is 9.39. The van der Waals surface area contributed by atoms with Gasteiger partial charge in [0.1, 0.15) is 0 Å². The van der Waals surface area contributed by atoms with Crippen molar-refractivity contribution in [1.29, 1.82) is 5.26 Å². The van der Waals surface area contributed by atoms with E-state index in [1.807, 2.05) is 18.2 Å². The zero-order valence-corrected chi connectivity index (χ0v) is 10.3. The lowest BCUT2D eigenvalue weighted by atomic mass is 10.1. The standard InChI is InChI=1S/C13H15ClN2O/c14-12-7-3-2-6-11(12)10-13(17)16-9-5-1-4-8-15/h2-3,6-7H,1,4-5,9-10H2,(H,16,17). The summed E-state index contributed by atoms with van der Waals surface area (Å²) >= 11 is 5.95. The van der Waals surface area contributed by atoms with Crippen LogP contribution in [-0.2, 0) is 11.2 Å². The average molecular weight is 251 g/mol. The number of amides is 1. The van der Waals surface area contributed by atoms with E-state index in [0.29, 0.717) is 24.4 Å². The number of rotatable bonds is 6. The van der Waals surface area contributed by atoms with Crippen LogP contribution in [0.1, 0.15) is 24.8 Å². The molecule has 1 rings (SSSR count). The second kappa shape index (κ2) is 7.70. The van der Waals surface area contributed by atoms with Gasteiger partial charge in [0, 0.05) is 18.0 Å². The van der Waals surface area contributed by atoms with Crippen LogP contribution in [-0.4, -0.2) is 12.5 Å². The molecule has 0 aromatic heterocycles. The van der Waals surface area contributed by atoms with E-state index in [2.05, 4.69) is 11.4 Å². The van der Waals surface area contributed by atoms with Crippen LogP contribution in [0, 0.1) is 11.3 Å². The first kappa shape index (κ1) is 13.5. The van der Waals surface area contributed by atoms with Crippen molar-refractivity contribution in [3.63, 3.8) is 0 Å². The summed E-state index contributed by atoms with van der Waals surface area (Å²) in [5.74, 6) is -0.0324. The number of hydrogen-bond donors (Lipinski definition) is 1. The minimum atomic E-state index is -0.0324. The fraction of sp³-hybridized carbons (Fsp3) is 0.385. The minimum absolute atomic E-state index is 0.0324. The molecule has 0 bridgehead atoms. The van der Waals surface area contributed by atoms with Gasteiger partial charge in [-0.3, -0.25) is 4.79 Å². The zero-order valence-electron chi connectivity index (χ0n) is 9.58. The Hall–Kier alpha value is -1.53. The Morgan fingerprint density at radius 1 is 1.35 bits per heavy atom. The number of nitrogens with one attached hydrogen (secondary N) is 1. The van der Waals surface area contributed by atoms with Gasteiger partial charge in [0.2, 0.25) is 5.91 Å². The molecule has 0 spiro atoms. The number of carbonyl (C=O) groups excluding carboxylic acids is 1. The SMILES string of the molecule is N#CCCCCNC(=O)Cc1ccccc1Cl. The van der Waals surface area contributed by atoms with E-state index in [4.69, 9.17) is 16.9 Å². The van der Waals surface area contributed by atoms with Gasteiger partial charge in [-0.15, -0.1) is 0 Å². The summed E-state index contributed by atoms with van der Waals surface area (Å²) in [7, 11) is 0. The molecule has 0 aliphatic rings. The number of unbranched alkanes of at least 4 members (excludes halogenated alkanes) is 2. The highest BCUT2D eigenvalue weighted by molar-refractivity contribution is 6.31. The van der Waals surface area contributed by atoms with Gasteiger partial charge >= 0.3 is 0 Å². The maximum atomic E-state index is 11.6. The van der Waals surface area contributed by atoms with Crippen molar-refractivity contribution in [2.45, 2.75) is 25.7 Å². The molecule has 1 aromatic rings. The van der Waals surface area contributed by atoms with E-state index >= 15 is 0 Å². The maximum absolute atomic E-state index is 11.6. The largest absolute Gasteiger partial charge is 0.356 e. The summed E-state index contributed by atoms with van der Waals surface area (Å²) in [5.41, 5.74) is 0.837. The van der Waals surface area contributed by atoms with Gasteiger partial charge in [-0.1, -0.05) is 29.8 Å². The highest BCUT2D eigenvalue weighted by Gasteiger charge is 2.05. The molecule has 0 atom stereocenters. The summed E-state index contributed by atoms with van der Waals surface area (Å²) in [5, 5.41) is 11.8. The second-order valence-electron chi connectivity index (χ2n) is 3.73. The number of nitrogens with zero attached hydrogens (tertiary/aromatic N) is 1. The molecule has 1 amide bonds. The van der Waals surface area contributed by atoms with Crippen LogP contribution in [0.15, 0.2) is 24.3 Å². The molecule has 1 N–H and O–H groups in total. The van der Waals surface area contributed by atoms with Gasteiger partial charge in [-0.25, -0.2) is 0 Å². The molecule has 0 unspecified atom stereocenters. The number of halogens is 1. The van der Waals surface area contributed by atoms with Gasteiger partial charge < -0.3 is 5.32 Å². The summed E-state index contributed by atoms with van der Waals surface area (Å²) in [4.78, 5) is 11.6. The number of carbonyl (C=O) groups is 1. The van der Waals surface area contributed by atoms with Gasteiger partial charge in [-0.05, 0) is 24.5 Å². The van der Waals surface area contributed by atoms with Crippen molar-refractivity contribution in [2.24, 2.45) is 0 Å². The predicted octanol–water partition coefficient (Wildman–Crippen LogP) is 2.69. The van der Waals surface area contributed by atoms with Crippen LogP contribution in [0.3, 0.4) is 0 Å². The first-order chi connectivity index (χ1) is 8.24. The Morgan fingerprint density at radius 2 is 2.12 bits per heavy atom. The van der Waals surface area contributed by atoms with E-state index in [-0.39, 0.29) is 5.91 Å². The van der Waals surface area contributed by atoms with Crippen molar-refractivity contribution >= 4 is 17.5 Å². The molecule has 90 valence electrons. The van der Waals surface area contributed by atoms with E-state index in [9.17, 15) is 4.79 Å². The molecule has 0 aliphatic carbocycles. The van der Waals surface area contributed by atoms with Crippen LogP contribution >= 0.6 is 11.6 Å². The lowest BCUT2D eigenvalue weighted by Gasteiger charge is -2.05. The van der Waals surface area contributed by atoms with Crippen molar-refractivity contribution in [2.75, 3.05) is 6.54 Å². The molecule has 0 saturated heterocycles. The van der Waals surface area contributed by atoms with Crippen molar-refractivity contribution in [1.82, 2.24) is 5.32 Å². The highest BCUT2D eigenvalue weighted by Crippen LogP contribution is 2.15. The Labute approximate surface area is 106 Å². The number of nitriles is 1. The predicted molar refractivity (Wildman–Crippen MR) is 67.6 cm³/mol. The fourth-order valence-electron chi connectivity index (χ4n) is 1.43. The Bertz CT molecular complexity index is 412. The van der Waals surface area contributed by atoms with Gasteiger partial charge in [0.05, 0.1) is 12.5 Å². The van der Waals surface area contributed by atoms with E-state index in [0.717, 1.165) is 18.4 Å². The van der Waals surface area contributed by atoms with Gasteiger partial charge in [0.15, 0.2) is 0 Å². The van der Waals surface area contributed by atoms with Gasteiger partial charge in [0.25, 0.3) is 0 Å². The third-order valence-corrected chi connectivity index (χ3v) is 2.72. The first-order valence-electron chi connectivity index (χ1n) is 5.61. The second-order valence-corrected chi connectivity index (χ2v) is 4.14. The molecule has 0 heterocycles. The van der Waals surface area contributed by atoms with Gasteiger partial charge in [-0.2, -0.15) is 5.26 Å². The molecule has 0 fully saturated rings. The lowest BCUT2D eigenvalue weighted by Crippen LogP contribution is -2.26. The first-order valence-corrected chi connectivity index (χ1v) is 5.99. The smallest absolute Gasteiger partial charge is 0.224 e. The van der Waals surface area contributed by atoms with E-state index < -0.39 is 0 Å². The quantitative estimate of drug-likeness (QED) is 0.790. The Kier molecular flexibility index (Phi) is 6.13. The molecule has 17 heavy (non-hydrogen) atoms. The molecule has 0 saturated carbocycles. The van der Waals surface area contributed by atoms with E-state index in [1.165, 1.54) is 0 Å². The molecular formula is C13H15ClN2O. The molecule has 0 aliphatic heterocycles. The molecule has 3 nitrogen and oxygen atoms in total. The third-order valence-electron chi connectivity index (χ3n) is 2.35. The average Bonchev–Trinajstić information content (AvgIpc) is 2.32. The molecule has 4 heteroatoms. The van der Waals surface area contributed by atoms with Crippen LogP contribution in [0.4, 0.5) is 0 Å². The fourth-order valence-corrected chi connectivity index (χ4v) is 1.64. The number of hydrogen-bond acceptors (Lipinski definition) is 2. The van der Waals surface area contributed by atoms with Crippen LogP contribution in [0.5, 0.6) is 0 Å². The highest BCUT2D eigenvalue weighted by atomic mass is 35.5.